The number of benzene rings is 2. The van der Waals surface area contributed by atoms with E-state index < -0.39 is 11.6 Å². The molecule has 0 saturated carbocycles. The fourth-order valence-electron chi connectivity index (χ4n) is 1.50. The SMILES string of the molecule is Cc1cc(C#N)ccc1Oc1ccc(F)c(F)c1. The zero-order chi connectivity index (χ0) is 13.1. The zero-order valence-corrected chi connectivity index (χ0v) is 9.58. The van der Waals surface area contributed by atoms with E-state index in [9.17, 15) is 8.78 Å². The van der Waals surface area contributed by atoms with E-state index in [4.69, 9.17) is 10.00 Å². The highest BCUT2D eigenvalue weighted by Crippen LogP contribution is 2.26. The first kappa shape index (κ1) is 12.1. The lowest BCUT2D eigenvalue weighted by Crippen LogP contribution is -1.90. The van der Waals surface area contributed by atoms with Crippen LogP contribution in [0.15, 0.2) is 36.4 Å². The molecule has 4 heteroatoms. The molecule has 2 aromatic rings. The van der Waals surface area contributed by atoms with Gasteiger partial charge in [0.25, 0.3) is 0 Å². The van der Waals surface area contributed by atoms with Crippen LogP contribution in [0, 0.1) is 29.9 Å². The number of ether oxygens (including phenoxy) is 1. The van der Waals surface area contributed by atoms with Gasteiger partial charge in [-0.1, -0.05) is 0 Å². The molecule has 0 spiro atoms. The first-order valence-corrected chi connectivity index (χ1v) is 5.24. The average Bonchev–Trinajstić information content (AvgIpc) is 2.36. The first-order chi connectivity index (χ1) is 8.60. The Kier molecular flexibility index (Phi) is 3.24. The van der Waals surface area contributed by atoms with Crippen LogP contribution < -0.4 is 4.74 Å². The summed E-state index contributed by atoms with van der Waals surface area (Å²) in [5.74, 6) is -1.17. The largest absolute Gasteiger partial charge is 0.457 e. The van der Waals surface area contributed by atoms with Crippen LogP contribution in [0.25, 0.3) is 0 Å². The second-order valence-electron chi connectivity index (χ2n) is 3.77. The van der Waals surface area contributed by atoms with Crippen molar-refractivity contribution in [2.45, 2.75) is 6.92 Å². The molecule has 0 N–H and O–H groups in total. The molecule has 0 unspecified atom stereocenters. The van der Waals surface area contributed by atoms with E-state index >= 15 is 0 Å². The highest BCUT2D eigenvalue weighted by Gasteiger charge is 2.06. The Balaban J connectivity index is 2.29. The lowest BCUT2D eigenvalue weighted by molar-refractivity contribution is 0.459. The molecular formula is C14H9F2NO. The van der Waals surface area contributed by atoms with E-state index in [0.717, 1.165) is 17.7 Å². The van der Waals surface area contributed by atoms with Gasteiger partial charge in [-0.15, -0.1) is 0 Å². The minimum absolute atomic E-state index is 0.210. The molecule has 0 saturated heterocycles. The maximum absolute atomic E-state index is 13.0. The van der Waals surface area contributed by atoms with Gasteiger partial charge in [0.2, 0.25) is 0 Å². The molecule has 0 aliphatic rings. The standard InChI is InChI=1S/C14H9F2NO/c1-9-6-10(8-17)2-5-14(9)18-11-3-4-12(15)13(16)7-11/h2-7H,1H3. The van der Waals surface area contributed by atoms with E-state index in [1.807, 2.05) is 6.07 Å². The molecule has 90 valence electrons. The predicted octanol–water partition coefficient (Wildman–Crippen LogP) is 3.94. The van der Waals surface area contributed by atoms with Gasteiger partial charge in [-0.05, 0) is 42.8 Å². The van der Waals surface area contributed by atoms with Crippen LogP contribution >= 0.6 is 0 Å². The second-order valence-corrected chi connectivity index (χ2v) is 3.77. The highest BCUT2D eigenvalue weighted by molar-refractivity contribution is 5.43. The van der Waals surface area contributed by atoms with Crippen molar-refractivity contribution in [1.82, 2.24) is 0 Å². The number of hydrogen-bond acceptors (Lipinski definition) is 2. The van der Waals surface area contributed by atoms with Gasteiger partial charge in [-0.3, -0.25) is 0 Å². The Morgan fingerprint density at radius 3 is 2.44 bits per heavy atom. The Morgan fingerprint density at radius 1 is 1.06 bits per heavy atom. The summed E-state index contributed by atoms with van der Waals surface area (Å²) in [6.45, 7) is 1.77. The van der Waals surface area contributed by atoms with Crippen molar-refractivity contribution in [3.8, 4) is 17.6 Å². The van der Waals surface area contributed by atoms with E-state index in [1.165, 1.54) is 6.07 Å². The Bertz CT molecular complexity index is 632. The summed E-state index contributed by atoms with van der Waals surface area (Å²) >= 11 is 0. The van der Waals surface area contributed by atoms with Crippen LogP contribution in [0.1, 0.15) is 11.1 Å². The normalized spacial score (nSPS) is 9.89. The molecule has 2 aromatic carbocycles. The molecule has 0 radical (unpaired) electrons. The number of hydrogen-bond donors (Lipinski definition) is 0. The minimum Gasteiger partial charge on any atom is -0.457 e. The molecule has 0 bridgehead atoms. The summed E-state index contributed by atoms with van der Waals surface area (Å²) in [6, 6.07) is 10.2. The number of halogens is 2. The fourth-order valence-corrected chi connectivity index (χ4v) is 1.50. The van der Waals surface area contributed by atoms with Crippen molar-refractivity contribution in [2.24, 2.45) is 0 Å². The lowest BCUT2D eigenvalue weighted by Gasteiger charge is -2.08. The fraction of sp³-hybridized carbons (Fsp3) is 0.0714. The smallest absolute Gasteiger partial charge is 0.162 e. The molecule has 0 atom stereocenters. The van der Waals surface area contributed by atoms with Crippen molar-refractivity contribution in [1.29, 1.82) is 5.26 Å². The molecule has 0 fully saturated rings. The van der Waals surface area contributed by atoms with Crippen LogP contribution in [0.5, 0.6) is 11.5 Å². The maximum Gasteiger partial charge on any atom is 0.162 e. The minimum atomic E-state index is -0.959. The van der Waals surface area contributed by atoms with Gasteiger partial charge in [0.15, 0.2) is 11.6 Å². The van der Waals surface area contributed by atoms with Crippen LogP contribution in [-0.2, 0) is 0 Å². The quantitative estimate of drug-likeness (QED) is 0.802. The van der Waals surface area contributed by atoms with Crippen LogP contribution in [-0.4, -0.2) is 0 Å². The molecule has 0 aromatic heterocycles. The molecule has 0 amide bonds. The summed E-state index contributed by atoms with van der Waals surface area (Å²) < 4.78 is 31.2. The zero-order valence-electron chi connectivity index (χ0n) is 9.58. The number of nitrogens with zero attached hydrogens (tertiary/aromatic N) is 1. The van der Waals surface area contributed by atoms with E-state index in [2.05, 4.69) is 0 Å². The molecular weight excluding hydrogens is 236 g/mol. The van der Waals surface area contributed by atoms with Gasteiger partial charge < -0.3 is 4.74 Å². The van der Waals surface area contributed by atoms with Crippen LogP contribution in [0.3, 0.4) is 0 Å². The Labute approximate surface area is 103 Å². The van der Waals surface area contributed by atoms with Gasteiger partial charge in [-0.25, -0.2) is 8.78 Å². The summed E-state index contributed by atoms with van der Waals surface area (Å²) in [4.78, 5) is 0. The van der Waals surface area contributed by atoms with Crippen LogP contribution in [0.2, 0.25) is 0 Å². The highest BCUT2D eigenvalue weighted by atomic mass is 19.2. The van der Waals surface area contributed by atoms with E-state index in [1.54, 1.807) is 25.1 Å². The van der Waals surface area contributed by atoms with Gasteiger partial charge in [0.05, 0.1) is 11.6 Å². The van der Waals surface area contributed by atoms with Crippen LogP contribution in [0.4, 0.5) is 8.78 Å². The second kappa shape index (κ2) is 4.84. The van der Waals surface area contributed by atoms with Gasteiger partial charge >= 0.3 is 0 Å². The number of nitriles is 1. The summed E-state index contributed by atoms with van der Waals surface area (Å²) in [6.07, 6.45) is 0. The maximum atomic E-state index is 13.0. The van der Waals surface area contributed by atoms with Crippen molar-refractivity contribution in [2.75, 3.05) is 0 Å². The summed E-state index contributed by atoms with van der Waals surface area (Å²) in [7, 11) is 0. The molecule has 2 rings (SSSR count). The van der Waals surface area contributed by atoms with Gasteiger partial charge in [0, 0.05) is 6.07 Å². The van der Waals surface area contributed by atoms with Crippen molar-refractivity contribution >= 4 is 0 Å². The van der Waals surface area contributed by atoms with Gasteiger partial charge in [0.1, 0.15) is 11.5 Å². The summed E-state index contributed by atoms with van der Waals surface area (Å²) in [5.41, 5.74) is 1.27. The predicted molar refractivity (Wildman–Crippen MR) is 62.3 cm³/mol. The third kappa shape index (κ3) is 2.46. The lowest BCUT2D eigenvalue weighted by atomic mass is 10.1. The molecule has 0 aliphatic carbocycles. The molecule has 0 aliphatic heterocycles. The number of aryl methyl sites for hydroxylation is 1. The van der Waals surface area contributed by atoms with Crippen molar-refractivity contribution < 1.29 is 13.5 Å². The monoisotopic (exact) mass is 245 g/mol. The topological polar surface area (TPSA) is 33.0 Å². The van der Waals surface area contributed by atoms with E-state index in [-0.39, 0.29) is 5.75 Å². The van der Waals surface area contributed by atoms with Gasteiger partial charge in [-0.2, -0.15) is 5.26 Å². The molecule has 18 heavy (non-hydrogen) atoms. The third-order valence-corrected chi connectivity index (χ3v) is 2.42. The summed E-state index contributed by atoms with van der Waals surface area (Å²) in [5, 5.41) is 8.73. The Hall–Kier alpha value is -2.41. The van der Waals surface area contributed by atoms with E-state index in [0.29, 0.717) is 11.3 Å². The van der Waals surface area contributed by atoms with Crippen molar-refractivity contribution in [3.05, 3.63) is 59.2 Å². The number of rotatable bonds is 2. The first-order valence-electron chi connectivity index (χ1n) is 5.24. The van der Waals surface area contributed by atoms with Crippen molar-refractivity contribution in [3.63, 3.8) is 0 Å². The molecule has 0 heterocycles. The Morgan fingerprint density at radius 2 is 1.83 bits per heavy atom. The average molecular weight is 245 g/mol. The molecule has 2 nitrogen and oxygen atoms in total. The third-order valence-electron chi connectivity index (χ3n) is 2.42.